The minimum atomic E-state index is -1.29. The number of carbonyl (C=O) groups is 3. The van der Waals surface area contributed by atoms with Gasteiger partial charge in [0, 0.05) is 6.54 Å². The zero-order valence-corrected chi connectivity index (χ0v) is 14.0. The van der Waals surface area contributed by atoms with Crippen molar-refractivity contribution in [3.8, 4) is 0 Å². The molecule has 9 heteroatoms. The smallest absolute Gasteiger partial charge is 0.411 e. The Kier molecular flexibility index (Phi) is 11.1. The summed E-state index contributed by atoms with van der Waals surface area (Å²) in [6.07, 6.45) is -0.370. The second-order valence-electron chi connectivity index (χ2n) is 5.39. The van der Waals surface area contributed by atoms with Gasteiger partial charge in [-0.1, -0.05) is 6.92 Å². The number of carbonyl (C=O) groups excluding carboxylic acids is 4. The minimum absolute atomic E-state index is 0.183. The number of carboxylic acids is 1. The summed E-state index contributed by atoms with van der Waals surface area (Å²) in [4.78, 5) is 51.9. The van der Waals surface area contributed by atoms with Crippen LogP contribution in [-0.2, 0) is 28.7 Å². The maximum atomic E-state index is 12.1. The molecule has 0 bridgehead atoms. The number of ether oxygens (including phenoxy) is 2. The van der Waals surface area contributed by atoms with E-state index in [0.717, 1.165) is 4.90 Å². The molecule has 0 spiro atoms. The summed E-state index contributed by atoms with van der Waals surface area (Å²) in [7, 11) is 1.17. The molecule has 132 valence electrons. The summed E-state index contributed by atoms with van der Waals surface area (Å²) in [6.45, 7) is 7.04. The maximum absolute atomic E-state index is 12.1. The number of hydrogen-bond acceptors (Lipinski definition) is 7. The van der Waals surface area contributed by atoms with E-state index in [0.29, 0.717) is 6.42 Å². The first kappa shape index (κ1) is 22.9. The van der Waals surface area contributed by atoms with E-state index in [9.17, 15) is 19.5 Å². The van der Waals surface area contributed by atoms with E-state index >= 15 is 0 Å². The lowest BCUT2D eigenvalue weighted by Gasteiger charge is -2.30. The Morgan fingerprint density at radius 3 is 2.00 bits per heavy atom. The second kappa shape index (κ2) is 11.2. The van der Waals surface area contributed by atoms with Crippen LogP contribution in [0.25, 0.3) is 0 Å². The van der Waals surface area contributed by atoms with Gasteiger partial charge in [-0.15, -0.1) is 0 Å². The summed E-state index contributed by atoms with van der Waals surface area (Å²) in [5.74, 6) is -1.96. The molecule has 0 unspecified atom stereocenters. The predicted molar refractivity (Wildman–Crippen MR) is 76.3 cm³/mol. The van der Waals surface area contributed by atoms with Crippen molar-refractivity contribution in [2.75, 3.05) is 13.7 Å². The number of carboxylic acid groups (broad SMARTS) is 1. The second-order valence-corrected chi connectivity index (χ2v) is 5.39. The lowest BCUT2D eigenvalue weighted by Crippen LogP contribution is -2.48. The molecule has 0 rings (SSSR count). The molecule has 0 saturated heterocycles. The molecule has 0 radical (unpaired) electrons. The third-order valence-electron chi connectivity index (χ3n) is 2.34. The number of rotatable bonds is 6. The Hall–Kier alpha value is -2.41. The third kappa shape index (κ3) is 10.9. The Bertz CT molecular complexity index is 435. The van der Waals surface area contributed by atoms with Crippen molar-refractivity contribution in [2.24, 2.45) is 0 Å². The number of aliphatic carboxylic acids is 1. The van der Waals surface area contributed by atoms with Gasteiger partial charge in [0.25, 0.3) is 0 Å². The van der Waals surface area contributed by atoms with Crippen molar-refractivity contribution >= 4 is 24.2 Å². The van der Waals surface area contributed by atoms with E-state index in [1.54, 1.807) is 27.7 Å². The summed E-state index contributed by atoms with van der Waals surface area (Å²) >= 11 is 0. The maximum Gasteiger partial charge on any atom is 0.411 e. The van der Waals surface area contributed by atoms with Gasteiger partial charge in [-0.25, -0.2) is 9.59 Å². The number of hydrogen-bond donors (Lipinski definition) is 1. The van der Waals surface area contributed by atoms with E-state index in [4.69, 9.17) is 14.3 Å². The van der Waals surface area contributed by atoms with Crippen LogP contribution in [0.3, 0.4) is 0 Å². The highest BCUT2D eigenvalue weighted by Gasteiger charge is 2.34. The van der Waals surface area contributed by atoms with Gasteiger partial charge in [0.1, 0.15) is 11.6 Å². The quantitative estimate of drug-likeness (QED) is 0.715. The lowest BCUT2D eigenvalue weighted by molar-refractivity contribution is -0.191. The Labute approximate surface area is 134 Å². The standard InChI is InChI=1S/C13H23NO6.CO2/c1-6-7-14(12(18)20-13(2,3)4)9(11(16)17)8-10(15)19-5;2-1-3/h9H,6-8H2,1-5H3,(H,16,17);/t9-;/m0./s1. The topological polar surface area (TPSA) is 127 Å². The fourth-order valence-electron chi connectivity index (χ4n) is 1.51. The van der Waals surface area contributed by atoms with Gasteiger partial charge >= 0.3 is 24.2 Å². The van der Waals surface area contributed by atoms with Crippen LogP contribution in [0.15, 0.2) is 0 Å². The highest BCUT2D eigenvalue weighted by Crippen LogP contribution is 2.15. The molecule has 0 heterocycles. The minimum Gasteiger partial charge on any atom is -0.480 e. The predicted octanol–water partition coefficient (Wildman–Crippen LogP) is 1.07. The van der Waals surface area contributed by atoms with Crippen molar-refractivity contribution < 1.29 is 38.6 Å². The summed E-state index contributed by atoms with van der Waals surface area (Å²) in [6, 6.07) is -1.29. The van der Waals surface area contributed by atoms with Crippen molar-refractivity contribution in [1.82, 2.24) is 4.90 Å². The van der Waals surface area contributed by atoms with Gasteiger partial charge in [0.2, 0.25) is 0 Å². The molecule has 23 heavy (non-hydrogen) atoms. The monoisotopic (exact) mass is 333 g/mol. The van der Waals surface area contributed by atoms with Crippen LogP contribution in [0, 0.1) is 0 Å². The molecule has 9 nitrogen and oxygen atoms in total. The molecule has 1 atom stereocenters. The largest absolute Gasteiger partial charge is 0.480 e. The Morgan fingerprint density at radius 2 is 1.70 bits per heavy atom. The first-order valence-electron chi connectivity index (χ1n) is 6.82. The van der Waals surface area contributed by atoms with Gasteiger partial charge < -0.3 is 14.6 Å². The number of methoxy groups -OCH3 is 1. The summed E-state index contributed by atoms with van der Waals surface area (Å²) in [5.41, 5.74) is -0.739. The van der Waals surface area contributed by atoms with Crippen LogP contribution in [0.4, 0.5) is 4.79 Å². The van der Waals surface area contributed by atoms with Gasteiger partial charge in [-0.3, -0.25) is 9.69 Å². The molecule has 1 N–H and O–H groups in total. The van der Waals surface area contributed by atoms with Gasteiger partial charge in [-0.2, -0.15) is 9.59 Å². The van der Waals surface area contributed by atoms with E-state index < -0.39 is 36.1 Å². The fourth-order valence-corrected chi connectivity index (χ4v) is 1.51. The molecular formula is C14H23NO8. The molecule has 0 fully saturated rings. The molecule has 0 aliphatic heterocycles. The first-order chi connectivity index (χ1) is 10.5. The average Bonchev–Trinajstić information content (AvgIpc) is 2.40. The molecule has 0 aliphatic rings. The molecule has 0 aliphatic carbocycles. The molecule has 0 aromatic carbocycles. The number of nitrogens with zero attached hydrogens (tertiary/aromatic N) is 1. The number of amides is 1. The van der Waals surface area contributed by atoms with Gasteiger partial charge in [0.15, 0.2) is 0 Å². The van der Waals surface area contributed by atoms with Crippen molar-refractivity contribution in [1.29, 1.82) is 0 Å². The van der Waals surface area contributed by atoms with E-state index in [1.165, 1.54) is 7.11 Å². The Morgan fingerprint density at radius 1 is 1.22 bits per heavy atom. The molecule has 1 amide bonds. The van der Waals surface area contributed by atoms with Crippen molar-refractivity contribution in [2.45, 2.75) is 52.2 Å². The van der Waals surface area contributed by atoms with Crippen LogP contribution in [0.1, 0.15) is 40.5 Å². The SMILES string of the molecule is CCCN(C(=O)OC(C)(C)C)[C@@H](CC(=O)OC)C(=O)O.O=C=O. The van der Waals surface area contributed by atoms with Crippen molar-refractivity contribution in [3.05, 3.63) is 0 Å². The zero-order chi connectivity index (χ0) is 18.6. The van der Waals surface area contributed by atoms with Crippen LogP contribution < -0.4 is 0 Å². The summed E-state index contributed by atoms with van der Waals surface area (Å²) in [5, 5.41) is 9.20. The van der Waals surface area contributed by atoms with Crippen molar-refractivity contribution in [3.63, 3.8) is 0 Å². The van der Waals surface area contributed by atoms with Gasteiger partial charge in [-0.05, 0) is 27.2 Å². The van der Waals surface area contributed by atoms with E-state index in [2.05, 4.69) is 4.74 Å². The molecule has 0 aromatic rings. The lowest BCUT2D eigenvalue weighted by atomic mass is 10.1. The first-order valence-corrected chi connectivity index (χ1v) is 6.82. The van der Waals surface area contributed by atoms with Crippen LogP contribution >= 0.6 is 0 Å². The van der Waals surface area contributed by atoms with Crippen LogP contribution in [-0.4, -0.2) is 59.5 Å². The highest BCUT2D eigenvalue weighted by atomic mass is 16.6. The Balaban J connectivity index is 0. The molecular weight excluding hydrogens is 310 g/mol. The summed E-state index contributed by atoms with van der Waals surface area (Å²) < 4.78 is 9.63. The normalized spacial score (nSPS) is 11.2. The fraction of sp³-hybridized carbons (Fsp3) is 0.714. The van der Waals surface area contributed by atoms with E-state index in [-0.39, 0.29) is 12.7 Å². The average molecular weight is 333 g/mol. The number of esters is 1. The molecule has 0 aromatic heterocycles. The van der Waals surface area contributed by atoms with Gasteiger partial charge in [0.05, 0.1) is 13.5 Å². The third-order valence-corrected chi connectivity index (χ3v) is 2.34. The van der Waals surface area contributed by atoms with Crippen LogP contribution in [0.5, 0.6) is 0 Å². The zero-order valence-electron chi connectivity index (χ0n) is 14.0. The highest BCUT2D eigenvalue weighted by molar-refractivity contribution is 5.85. The molecule has 0 saturated carbocycles. The van der Waals surface area contributed by atoms with E-state index in [1.807, 2.05) is 0 Å². The van der Waals surface area contributed by atoms with Crippen LogP contribution in [0.2, 0.25) is 0 Å².